The topological polar surface area (TPSA) is 153 Å². The number of H-pyrrole nitrogens is 1. The van der Waals surface area contributed by atoms with Crippen LogP contribution in [0.15, 0.2) is 82.8 Å². The summed E-state index contributed by atoms with van der Waals surface area (Å²) in [6, 6.07) is 19.4. The summed E-state index contributed by atoms with van der Waals surface area (Å²) in [4.78, 5) is 44.4. The van der Waals surface area contributed by atoms with Crippen LogP contribution >= 0.6 is 11.8 Å². The summed E-state index contributed by atoms with van der Waals surface area (Å²) in [5.74, 6) is -3.67. The summed E-state index contributed by atoms with van der Waals surface area (Å²) in [6.45, 7) is 0. The Balaban J connectivity index is 1.56. The predicted molar refractivity (Wildman–Crippen MR) is 134 cm³/mol. The third-order valence-corrected chi connectivity index (χ3v) is 6.43. The van der Waals surface area contributed by atoms with Crippen LogP contribution in [0.1, 0.15) is 31.1 Å². The summed E-state index contributed by atoms with van der Waals surface area (Å²) in [7, 11) is 0. The number of imidazole rings is 1. The molecule has 0 spiro atoms. The Labute approximate surface area is 207 Å². The number of fused-ring (bicyclic) bond motifs is 2. The van der Waals surface area contributed by atoms with Gasteiger partial charge in [0, 0.05) is 16.0 Å². The van der Waals surface area contributed by atoms with Gasteiger partial charge in [0.2, 0.25) is 0 Å². The van der Waals surface area contributed by atoms with Crippen molar-refractivity contribution in [2.75, 3.05) is 5.32 Å². The van der Waals surface area contributed by atoms with Gasteiger partial charge in [0.25, 0.3) is 5.91 Å². The number of hydrogen-bond donors (Lipinski definition) is 5. The van der Waals surface area contributed by atoms with E-state index in [4.69, 9.17) is 0 Å². The second-order valence-electron chi connectivity index (χ2n) is 7.84. The maximum Gasteiger partial charge on any atom is 0.335 e. The number of nitrogens with zero attached hydrogens (tertiary/aromatic N) is 1. The highest BCUT2D eigenvalue weighted by Crippen LogP contribution is 2.39. The Kier molecular flexibility index (Phi) is 5.79. The summed E-state index contributed by atoms with van der Waals surface area (Å²) in [5.41, 5.74) is 0.951. The van der Waals surface area contributed by atoms with Gasteiger partial charge in [-0.1, -0.05) is 48.2 Å². The second kappa shape index (κ2) is 9.08. The van der Waals surface area contributed by atoms with Crippen molar-refractivity contribution in [2.45, 2.75) is 10.1 Å². The lowest BCUT2D eigenvalue weighted by molar-refractivity contribution is 0.0696. The molecule has 1 heterocycles. The van der Waals surface area contributed by atoms with Crippen molar-refractivity contribution in [3.05, 3.63) is 89.5 Å². The minimum atomic E-state index is -1.34. The highest BCUT2D eigenvalue weighted by molar-refractivity contribution is 7.99. The molecule has 5 N–H and O–H groups in total. The quantitative estimate of drug-likeness (QED) is 0.213. The molecule has 0 atom stereocenters. The standard InChI is InChI=1S/C26H17N3O6S/c30-22-17-6-2-1-5-16(17)21(36-26-28-19-7-3-4-8-20(19)29-26)12-18(22)23(31)27-15-10-13(24(32)33)9-14(11-15)25(34)35/h1-12,30H,(H,27,31)(H,28,29)(H,32,33)(H,34,35). The van der Waals surface area contributed by atoms with Crippen molar-refractivity contribution >= 4 is 57.1 Å². The van der Waals surface area contributed by atoms with Crippen molar-refractivity contribution in [3.8, 4) is 5.75 Å². The number of nitrogens with one attached hydrogen (secondary N) is 2. The Bertz CT molecular complexity index is 1630. The minimum absolute atomic E-state index is 0.0312. The first-order valence-corrected chi connectivity index (χ1v) is 11.4. The summed E-state index contributed by atoms with van der Waals surface area (Å²) in [5, 5.41) is 33.8. The highest BCUT2D eigenvalue weighted by atomic mass is 32.2. The van der Waals surface area contributed by atoms with Gasteiger partial charge in [0.05, 0.1) is 27.7 Å². The fourth-order valence-corrected chi connectivity index (χ4v) is 4.79. The van der Waals surface area contributed by atoms with Crippen molar-refractivity contribution in [3.63, 3.8) is 0 Å². The number of anilines is 1. The third kappa shape index (κ3) is 4.32. The third-order valence-electron chi connectivity index (χ3n) is 5.48. The van der Waals surface area contributed by atoms with Crippen molar-refractivity contribution in [1.29, 1.82) is 0 Å². The number of aromatic nitrogens is 2. The molecule has 0 bridgehead atoms. The number of carboxylic acid groups (broad SMARTS) is 2. The molecule has 0 unspecified atom stereocenters. The molecule has 0 aliphatic carbocycles. The predicted octanol–water partition coefficient (Wildman–Crippen LogP) is 5.22. The Morgan fingerprint density at radius 3 is 2.14 bits per heavy atom. The first-order chi connectivity index (χ1) is 17.3. The van der Waals surface area contributed by atoms with E-state index in [1.165, 1.54) is 17.8 Å². The van der Waals surface area contributed by atoms with Gasteiger partial charge < -0.3 is 25.6 Å². The van der Waals surface area contributed by atoms with Crippen LogP contribution < -0.4 is 5.32 Å². The van der Waals surface area contributed by atoms with E-state index in [9.17, 15) is 29.7 Å². The summed E-state index contributed by atoms with van der Waals surface area (Å²) >= 11 is 1.29. The average molecular weight is 500 g/mol. The number of aromatic hydroxyl groups is 1. The van der Waals surface area contributed by atoms with Crippen LogP contribution in [-0.4, -0.2) is 43.1 Å². The van der Waals surface area contributed by atoms with Gasteiger partial charge in [0.15, 0.2) is 5.16 Å². The van der Waals surface area contributed by atoms with E-state index < -0.39 is 17.8 Å². The molecule has 1 aromatic heterocycles. The van der Waals surface area contributed by atoms with Gasteiger partial charge >= 0.3 is 11.9 Å². The molecular weight excluding hydrogens is 482 g/mol. The smallest absolute Gasteiger partial charge is 0.335 e. The van der Waals surface area contributed by atoms with Gasteiger partial charge in [-0.2, -0.15) is 0 Å². The highest BCUT2D eigenvalue weighted by Gasteiger charge is 2.20. The molecule has 5 aromatic rings. The molecule has 9 nitrogen and oxygen atoms in total. The van der Waals surface area contributed by atoms with E-state index in [-0.39, 0.29) is 28.1 Å². The van der Waals surface area contributed by atoms with Crippen LogP contribution in [0.5, 0.6) is 5.75 Å². The maximum atomic E-state index is 13.2. The number of para-hydroxylation sites is 2. The zero-order valence-electron chi connectivity index (χ0n) is 18.4. The molecule has 0 aliphatic heterocycles. The van der Waals surface area contributed by atoms with Crippen molar-refractivity contribution in [2.24, 2.45) is 0 Å². The lowest BCUT2D eigenvalue weighted by atomic mass is 10.0. The molecular formula is C26H17N3O6S. The van der Waals surface area contributed by atoms with E-state index in [0.29, 0.717) is 20.8 Å². The lowest BCUT2D eigenvalue weighted by Crippen LogP contribution is -2.14. The van der Waals surface area contributed by atoms with E-state index in [2.05, 4.69) is 15.3 Å². The maximum absolute atomic E-state index is 13.2. The van der Waals surface area contributed by atoms with Crippen molar-refractivity contribution in [1.82, 2.24) is 9.97 Å². The van der Waals surface area contributed by atoms with Crippen LogP contribution in [0, 0.1) is 0 Å². The molecule has 0 aliphatic rings. The normalized spacial score (nSPS) is 11.0. The number of benzene rings is 4. The van der Waals surface area contributed by atoms with Gasteiger partial charge in [-0.3, -0.25) is 4.79 Å². The number of carboxylic acids is 2. The zero-order chi connectivity index (χ0) is 25.4. The Morgan fingerprint density at radius 1 is 0.833 bits per heavy atom. The first-order valence-electron chi connectivity index (χ1n) is 10.6. The molecule has 1 amide bonds. The zero-order valence-corrected chi connectivity index (χ0v) is 19.2. The molecule has 178 valence electrons. The molecule has 0 radical (unpaired) electrons. The fourth-order valence-electron chi connectivity index (χ4n) is 3.81. The Morgan fingerprint density at radius 2 is 1.47 bits per heavy atom. The van der Waals surface area contributed by atoms with Gasteiger partial charge in [0.1, 0.15) is 5.75 Å². The number of amides is 1. The van der Waals surface area contributed by atoms with Crippen LogP contribution in [0.25, 0.3) is 21.8 Å². The SMILES string of the molecule is O=C(O)c1cc(NC(=O)c2cc(Sc3nc4ccccc4[nH]3)c3ccccc3c2O)cc(C(=O)O)c1. The molecule has 36 heavy (non-hydrogen) atoms. The number of carbonyl (C=O) groups excluding carboxylic acids is 1. The van der Waals surface area contributed by atoms with Crippen LogP contribution in [0.4, 0.5) is 5.69 Å². The Hall–Kier alpha value is -4.83. The van der Waals surface area contributed by atoms with E-state index >= 15 is 0 Å². The van der Waals surface area contributed by atoms with Crippen LogP contribution in [-0.2, 0) is 0 Å². The number of aromatic carboxylic acids is 2. The van der Waals surface area contributed by atoms with Gasteiger partial charge in [-0.25, -0.2) is 14.6 Å². The van der Waals surface area contributed by atoms with Crippen LogP contribution in [0.3, 0.4) is 0 Å². The molecule has 5 rings (SSSR count). The number of rotatable bonds is 6. The first kappa shape index (κ1) is 22.9. The number of aromatic amines is 1. The largest absolute Gasteiger partial charge is 0.506 e. The van der Waals surface area contributed by atoms with E-state index in [1.807, 2.05) is 36.4 Å². The van der Waals surface area contributed by atoms with Crippen LogP contribution in [0.2, 0.25) is 0 Å². The monoisotopic (exact) mass is 499 g/mol. The average Bonchev–Trinajstić information content (AvgIpc) is 3.28. The number of phenolic OH excluding ortho intramolecular Hbond substituents is 1. The molecule has 4 aromatic carbocycles. The minimum Gasteiger partial charge on any atom is -0.506 e. The van der Waals surface area contributed by atoms with Gasteiger partial charge in [-0.15, -0.1) is 0 Å². The fraction of sp³-hybridized carbons (Fsp3) is 0. The van der Waals surface area contributed by atoms with E-state index in [1.54, 1.807) is 12.1 Å². The van der Waals surface area contributed by atoms with Crippen molar-refractivity contribution < 1.29 is 29.7 Å². The molecule has 0 fully saturated rings. The summed E-state index contributed by atoms with van der Waals surface area (Å²) < 4.78 is 0. The second-order valence-corrected chi connectivity index (χ2v) is 8.87. The van der Waals surface area contributed by atoms with Gasteiger partial charge in [-0.05, 0) is 41.8 Å². The van der Waals surface area contributed by atoms with E-state index in [0.717, 1.165) is 29.2 Å². The summed E-state index contributed by atoms with van der Waals surface area (Å²) in [6.07, 6.45) is 0. The lowest BCUT2D eigenvalue weighted by Gasteiger charge is -2.13. The molecule has 10 heteroatoms. The number of carbonyl (C=O) groups is 3. The number of hydrogen-bond acceptors (Lipinski definition) is 6. The molecule has 0 saturated heterocycles. The molecule has 0 saturated carbocycles. The number of phenols is 1.